The van der Waals surface area contributed by atoms with Gasteiger partial charge in [-0.1, -0.05) is 0 Å². The lowest BCUT2D eigenvalue weighted by molar-refractivity contribution is 0.621. The normalized spacial score (nSPS) is 22.8. The molecule has 1 aliphatic heterocycles. The van der Waals surface area contributed by atoms with E-state index in [1.165, 1.54) is 12.6 Å². The van der Waals surface area contributed by atoms with E-state index in [2.05, 4.69) is 15.3 Å². The maximum atomic E-state index is 10.9. The number of hydrogen-bond donors (Lipinski definition) is 2. The quantitative estimate of drug-likeness (QED) is 0.624. The minimum atomic E-state index is -0.124. The third kappa shape index (κ3) is 1.38. The van der Waals surface area contributed by atoms with Gasteiger partial charge in [0.25, 0.3) is 5.56 Å². The van der Waals surface area contributed by atoms with Crippen molar-refractivity contribution in [1.29, 1.82) is 0 Å². The first-order valence-electron chi connectivity index (χ1n) is 4.14. The van der Waals surface area contributed by atoms with Gasteiger partial charge in [-0.3, -0.25) is 9.78 Å². The summed E-state index contributed by atoms with van der Waals surface area (Å²) in [6.45, 7) is 1.03. The predicted molar refractivity (Wildman–Crippen MR) is 44.8 cm³/mol. The van der Waals surface area contributed by atoms with Gasteiger partial charge in [0.1, 0.15) is 0 Å². The summed E-state index contributed by atoms with van der Waals surface area (Å²) in [7, 11) is 0. The summed E-state index contributed by atoms with van der Waals surface area (Å²) < 4.78 is 0. The van der Waals surface area contributed by atoms with Crippen LogP contribution in [0, 0.1) is 0 Å². The topological polar surface area (TPSA) is 57.8 Å². The number of nitrogens with zero attached hydrogens (tertiary/aromatic N) is 1. The zero-order valence-corrected chi connectivity index (χ0v) is 6.71. The molecule has 0 amide bonds. The van der Waals surface area contributed by atoms with Crippen molar-refractivity contribution in [2.45, 2.75) is 18.9 Å². The average molecular weight is 165 g/mol. The molecule has 2 heterocycles. The van der Waals surface area contributed by atoms with Crippen LogP contribution in [0.4, 0.5) is 0 Å². The molecule has 1 atom stereocenters. The Morgan fingerprint density at radius 3 is 3.08 bits per heavy atom. The number of H-pyrrole nitrogens is 1. The zero-order chi connectivity index (χ0) is 8.39. The molecule has 0 bridgehead atoms. The second-order valence-electron chi connectivity index (χ2n) is 3.00. The summed E-state index contributed by atoms with van der Waals surface area (Å²) in [5.74, 6) is 0. The fraction of sp³-hybridized carbons (Fsp3) is 0.500. The molecule has 0 aromatic carbocycles. The van der Waals surface area contributed by atoms with Gasteiger partial charge in [0.15, 0.2) is 0 Å². The minimum Gasteiger partial charge on any atom is -0.322 e. The number of rotatable bonds is 1. The van der Waals surface area contributed by atoms with Crippen molar-refractivity contribution in [2.24, 2.45) is 0 Å². The molecule has 12 heavy (non-hydrogen) atoms. The molecule has 0 radical (unpaired) electrons. The molecule has 1 aromatic heterocycles. The maximum Gasteiger partial charge on any atom is 0.266 e. The van der Waals surface area contributed by atoms with Gasteiger partial charge < -0.3 is 10.3 Å². The Kier molecular flexibility index (Phi) is 1.91. The van der Waals surface area contributed by atoms with Crippen molar-refractivity contribution in [3.05, 3.63) is 28.4 Å². The molecule has 0 saturated carbocycles. The van der Waals surface area contributed by atoms with E-state index in [4.69, 9.17) is 0 Å². The van der Waals surface area contributed by atoms with Gasteiger partial charge in [0.05, 0.1) is 11.9 Å². The van der Waals surface area contributed by atoms with Gasteiger partial charge in [0.2, 0.25) is 0 Å². The lowest BCUT2D eigenvalue weighted by atomic mass is 10.2. The Bertz CT molecular complexity index is 314. The van der Waals surface area contributed by atoms with E-state index in [1.807, 2.05) is 0 Å². The third-order valence-corrected chi connectivity index (χ3v) is 2.11. The molecule has 1 saturated heterocycles. The molecule has 1 aromatic rings. The monoisotopic (exact) mass is 165 g/mol. The van der Waals surface area contributed by atoms with Crippen molar-refractivity contribution < 1.29 is 0 Å². The maximum absolute atomic E-state index is 10.9. The summed E-state index contributed by atoms with van der Waals surface area (Å²) in [6.07, 6.45) is 5.26. The van der Waals surface area contributed by atoms with E-state index in [0.717, 1.165) is 18.7 Å². The third-order valence-electron chi connectivity index (χ3n) is 2.11. The summed E-state index contributed by atoms with van der Waals surface area (Å²) in [6, 6.07) is 0.298. The van der Waals surface area contributed by atoms with Gasteiger partial charge in [-0.2, -0.15) is 0 Å². The molecule has 2 rings (SSSR count). The predicted octanol–water partition coefficient (Wildman–Crippen LogP) is 0.194. The molecule has 0 aliphatic carbocycles. The van der Waals surface area contributed by atoms with Crippen LogP contribution in [0.25, 0.3) is 0 Å². The van der Waals surface area contributed by atoms with Gasteiger partial charge in [-0.05, 0) is 19.4 Å². The Labute approximate surface area is 70.0 Å². The molecular formula is C8H11N3O. The fourth-order valence-electron chi connectivity index (χ4n) is 1.52. The fourth-order valence-corrected chi connectivity index (χ4v) is 1.52. The zero-order valence-electron chi connectivity index (χ0n) is 6.71. The highest BCUT2D eigenvalue weighted by Crippen LogP contribution is 2.18. The molecular weight excluding hydrogens is 154 g/mol. The number of aromatic amines is 1. The SMILES string of the molecule is O=c1cncc(C2CCCN2)[nH]1. The summed E-state index contributed by atoms with van der Waals surface area (Å²) in [4.78, 5) is 17.5. The first-order chi connectivity index (χ1) is 5.86. The van der Waals surface area contributed by atoms with E-state index >= 15 is 0 Å². The van der Waals surface area contributed by atoms with Crippen molar-refractivity contribution in [3.8, 4) is 0 Å². The molecule has 1 aliphatic rings. The number of aromatic nitrogens is 2. The molecule has 64 valence electrons. The van der Waals surface area contributed by atoms with E-state index in [-0.39, 0.29) is 5.56 Å². The standard InChI is InChI=1S/C8H11N3O/c12-8-5-9-4-7(11-8)6-2-1-3-10-6/h4-6,10H,1-3H2,(H,11,12). The minimum absolute atomic E-state index is 0.124. The first kappa shape index (κ1) is 7.49. The summed E-state index contributed by atoms with van der Waals surface area (Å²) >= 11 is 0. The van der Waals surface area contributed by atoms with Gasteiger partial charge >= 0.3 is 0 Å². The van der Waals surface area contributed by atoms with Crippen LogP contribution >= 0.6 is 0 Å². The van der Waals surface area contributed by atoms with Crippen molar-refractivity contribution in [1.82, 2.24) is 15.3 Å². The number of hydrogen-bond acceptors (Lipinski definition) is 3. The highest BCUT2D eigenvalue weighted by Gasteiger charge is 2.16. The molecule has 4 nitrogen and oxygen atoms in total. The summed E-state index contributed by atoms with van der Waals surface area (Å²) in [5, 5.41) is 3.29. The van der Waals surface area contributed by atoms with Gasteiger partial charge in [-0.15, -0.1) is 0 Å². The second-order valence-corrected chi connectivity index (χ2v) is 3.00. The van der Waals surface area contributed by atoms with Crippen LogP contribution in [0.1, 0.15) is 24.6 Å². The summed E-state index contributed by atoms with van der Waals surface area (Å²) in [5.41, 5.74) is 0.779. The van der Waals surface area contributed by atoms with Gasteiger partial charge in [0, 0.05) is 12.2 Å². The molecule has 0 spiro atoms. The van der Waals surface area contributed by atoms with E-state index in [0.29, 0.717) is 6.04 Å². The van der Waals surface area contributed by atoms with Crippen LogP contribution in [-0.2, 0) is 0 Å². The highest BCUT2D eigenvalue weighted by atomic mass is 16.1. The van der Waals surface area contributed by atoms with E-state index in [9.17, 15) is 4.79 Å². The molecule has 4 heteroatoms. The van der Waals surface area contributed by atoms with Crippen LogP contribution in [0.5, 0.6) is 0 Å². The van der Waals surface area contributed by atoms with E-state index in [1.54, 1.807) is 6.20 Å². The van der Waals surface area contributed by atoms with Gasteiger partial charge in [-0.25, -0.2) is 0 Å². The van der Waals surface area contributed by atoms with Crippen LogP contribution in [-0.4, -0.2) is 16.5 Å². The van der Waals surface area contributed by atoms with Crippen LogP contribution in [0.2, 0.25) is 0 Å². The lowest BCUT2D eigenvalue weighted by Crippen LogP contribution is -2.18. The van der Waals surface area contributed by atoms with Crippen LogP contribution in [0.3, 0.4) is 0 Å². The Hall–Kier alpha value is -1.16. The highest BCUT2D eigenvalue weighted by molar-refractivity contribution is 5.03. The first-order valence-corrected chi connectivity index (χ1v) is 4.14. The Balaban J connectivity index is 2.27. The molecule has 1 unspecified atom stereocenters. The van der Waals surface area contributed by atoms with Crippen molar-refractivity contribution >= 4 is 0 Å². The van der Waals surface area contributed by atoms with Crippen LogP contribution in [0.15, 0.2) is 17.2 Å². The largest absolute Gasteiger partial charge is 0.322 e. The average Bonchev–Trinajstić information content (AvgIpc) is 2.56. The molecule has 1 fully saturated rings. The lowest BCUT2D eigenvalue weighted by Gasteiger charge is -2.07. The van der Waals surface area contributed by atoms with Crippen molar-refractivity contribution in [2.75, 3.05) is 6.54 Å². The Morgan fingerprint density at radius 2 is 2.42 bits per heavy atom. The van der Waals surface area contributed by atoms with Crippen LogP contribution < -0.4 is 10.9 Å². The molecule has 2 N–H and O–H groups in total. The smallest absolute Gasteiger partial charge is 0.266 e. The van der Waals surface area contributed by atoms with Crippen molar-refractivity contribution in [3.63, 3.8) is 0 Å². The second kappa shape index (κ2) is 3.06. The Morgan fingerprint density at radius 1 is 1.50 bits per heavy atom. The number of nitrogens with one attached hydrogen (secondary N) is 2. The van der Waals surface area contributed by atoms with E-state index < -0.39 is 0 Å².